The van der Waals surface area contributed by atoms with Gasteiger partial charge in [-0.3, -0.25) is 24.0 Å². The summed E-state index contributed by atoms with van der Waals surface area (Å²) in [5.41, 5.74) is 0. The maximum absolute atomic E-state index is 12.4. The SMILES string of the molecule is CCCCCCCCC(=O)OC1(OC(C)=O)COC(=O)CCC(=O)OC1OC(C)=O. The van der Waals surface area contributed by atoms with Gasteiger partial charge in [-0.15, -0.1) is 0 Å². The average molecular weight is 430 g/mol. The second kappa shape index (κ2) is 12.8. The molecule has 1 saturated heterocycles. The zero-order valence-corrected chi connectivity index (χ0v) is 17.7. The van der Waals surface area contributed by atoms with Crippen LogP contribution >= 0.6 is 0 Å². The lowest BCUT2D eigenvalue weighted by Gasteiger charge is -2.35. The van der Waals surface area contributed by atoms with Crippen molar-refractivity contribution in [2.45, 2.75) is 90.6 Å². The number of unbranched alkanes of at least 4 members (excludes halogenated alkanes) is 5. The molecule has 10 nitrogen and oxygen atoms in total. The van der Waals surface area contributed by atoms with E-state index in [0.717, 1.165) is 46.0 Å². The van der Waals surface area contributed by atoms with Crippen LogP contribution in [0.25, 0.3) is 0 Å². The van der Waals surface area contributed by atoms with Gasteiger partial charge in [0.2, 0.25) is 0 Å². The van der Waals surface area contributed by atoms with Gasteiger partial charge >= 0.3 is 41.9 Å². The molecule has 0 radical (unpaired) electrons. The molecule has 0 bridgehead atoms. The zero-order chi connectivity index (χ0) is 22.6. The maximum Gasteiger partial charge on any atom is 0.366 e. The van der Waals surface area contributed by atoms with Crippen molar-refractivity contribution in [2.75, 3.05) is 6.61 Å². The third kappa shape index (κ3) is 9.23. The maximum atomic E-state index is 12.4. The number of carbonyl (C=O) groups excluding carboxylic acids is 5. The molecule has 1 heterocycles. The summed E-state index contributed by atoms with van der Waals surface area (Å²) in [7, 11) is 0. The lowest BCUT2D eigenvalue weighted by molar-refractivity contribution is -0.320. The van der Waals surface area contributed by atoms with E-state index in [0.29, 0.717) is 6.42 Å². The van der Waals surface area contributed by atoms with Crippen LogP contribution in [0, 0.1) is 0 Å². The molecule has 0 spiro atoms. The summed E-state index contributed by atoms with van der Waals surface area (Å²) in [6, 6.07) is 0. The van der Waals surface area contributed by atoms with Crippen molar-refractivity contribution in [1.29, 1.82) is 0 Å². The smallest absolute Gasteiger partial charge is 0.366 e. The molecule has 170 valence electrons. The number of rotatable bonds is 10. The molecule has 0 amide bonds. The highest BCUT2D eigenvalue weighted by molar-refractivity contribution is 5.78. The van der Waals surface area contributed by atoms with Crippen LogP contribution in [-0.4, -0.2) is 48.5 Å². The van der Waals surface area contributed by atoms with Crippen molar-refractivity contribution in [1.82, 2.24) is 0 Å². The van der Waals surface area contributed by atoms with Crippen LogP contribution in [0.1, 0.15) is 78.6 Å². The van der Waals surface area contributed by atoms with Crippen LogP contribution in [0.3, 0.4) is 0 Å². The lowest BCUT2D eigenvalue weighted by Crippen LogP contribution is -2.56. The highest BCUT2D eigenvalue weighted by Gasteiger charge is 2.53. The Morgan fingerprint density at radius 2 is 1.57 bits per heavy atom. The summed E-state index contributed by atoms with van der Waals surface area (Å²) in [4.78, 5) is 59.4. The van der Waals surface area contributed by atoms with E-state index >= 15 is 0 Å². The molecule has 2 unspecified atom stereocenters. The Bertz CT molecular complexity index is 629. The first-order chi connectivity index (χ1) is 14.2. The Balaban J connectivity index is 3.00. The van der Waals surface area contributed by atoms with E-state index in [1.54, 1.807) is 0 Å². The summed E-state index contributed by atoms with van der Waals surface area (Å²) in [5.74, 6) is -6.74. The zero-order valence-electron chi connectivity index (χ0n) is 17.7. The number of hydrogen-bond acceptors (Lipinski definition) is 10. The van der Waals surface area contributed by atoms with E-state index < -0.39 is 48.5 Å². The van der Waals surface area contributed by atoms with Gasteiger partial charge in [0.25, 0.3) is 0 Å². The Labute approximate surface area is 175 Å². The van der Waals surface area contributed by atoms with Gasteiger partial charge in [-0.2, -0.15) is 0 Å². The van der Waals surface area contributed by atoms with E-state index in [9.17, 15) is 24.0 Å². The van der Waals surface area contributed by atoms with Gasteiger partial charge in [-0.05, 0) is 6.42 Å². The summed E-state index contributed by atoms with van der Waals surface area (Å²) >= 11 is 0. The molecular formula is C20H30O10. The lowest BCUT2D eigenvalue weighted by atomic mass is 10.1. The number of hydrogen-bond donors (Lipinski definition) is 0. The van der Waals surface area contributed by atoms with Gasteiger partial charge in [0.05, 0.1) is 12.8 Å². The van der Waals surface area contributed by atoms with Crippen LogP contribution in [0.2, 0.25) is 0 Å². The monoisotopic (exact) mass is 430 g/mol. The molecule has 1 fully saturated rings. The first-order valence-electron chi connectivity index (χ1n) is 10.1. The van der Waals surface area contributed by atoms with E-state index in [2.05, 4.69) is 6.92 Å². The molecule has 2 atom stereocenters. The molecule has 0 aromatic heterocycles. The van der Waals surface area contributed by atoms with Crippen molar-refractivity contribution in [2.24, 2.45) is 0 Å². The summed E-state index contributed by atoms with van der Waals surface area (Å²) in [6.45, 7) is 3.36. The highest BCUT2D eigenvalue weighted by atomic mass is 16.8. The molecule has 0 N–H and O–H groups in total. The molecule has 1 rings (SSSR count). The summed E-state index contributed by atoms with van der Waals surface area (Å²) < 4.78 is 25.4. The topological polar surface area (TPSA) is 132 Å². The molecule has 0 aromatic carbocycles. The van der Waals surface area contributed by atoms with Gasteiger partial charge in [-0.25, -0.2) is 0 Å². The van der Waals surface area contributed by atoms with E-state index in [1.165, 1.54) is 0 Å². The van der Waals surface area contributed by atoms with E-state index in [1.807, 2.05) is 0 Å². The second-order valence-corrected chi connectivity index (χ2v) is 6.99. The predicted molar refractivity (Wildman–Crippen MR) is 100 cm³/mol. The molecular weight excluding hydrogens is 400 g/mol. The fourth-order valence-electron chi connectivity index (χ4n) is 2.77. The Hall–Kier alpha value is -2.65. The Kier molecular flexibility index (Phi) is 10.8. The molecule has 0 aliphatic carbocycles. The Morgan fingerprint density at radius 1 is 0.933 bits per heavy atom. The fraction of sp³-hybridized carbons (Fsp3) is 0.750. The van der Waals surface area contributed by atoms with Crippen molar-refractivity contribution < 1.29 is 47.7 Å². The van der Waals surface area contributed by atoms with Crippen LogP contribution in [0.5, 0.6) is 0 Å². The van der Waals surface area contributed by atoms with Crippen molar-refractivity contribution >= 4 is 29.8 Å². The number of ether oxygens (including phenoxy) is 5. The second-order valence-electron chi connectivity index (χ2n) is 6.99. The third-order valence-corrected chi connectivity index (χ3v) is 4.18. The highest BCUT2D eigenvalue weighted by Crippen LogP contribution is 2.27. The largest absolute Gasteiger partial charge is 0.457 e. The van der Waals surface area contributed by atoms with Crippen molar-refractivity contribution in [3.8, 4) is 0 Å². The van der Waals surface area contributed by atoms with E-state index in [4.69, 9.17) is 23.7 Å². The van der Waals surface area contributed by atoms with Gasteiger partial charge in [0.15, 0.2) is 6.61 Å². The predicted octanol–water partition coefficient (Wildman–Crippen LogP) is 2.31. The van der Waals surface area contributed by atoms with Crippen LogP contribution < -0.4 is 0 Å². The quantitative estimate of drug-likeness (QED) is 0.220. The molecule has 10 heteroatoms. The summed E-state index contributed by atoms with van der Waals surface area (Å²) in [5, 5.41) is 0. The number of carbonyl (C=O) groups is 5. The minimum absolute atomic E-state index is 0.0101. The minimum atomic E-state index is -2.44. The molecule has 1 aliphatic rings. The van der Waals surface area contributed by atoms with Crippen LogP contribution in [-0.2, 0) is 47.7 Å². The number of cyclic esters (lactones) is 2. The van der Waals surface area contributed by atoms with Gasteiger partial charge in [0.1, 0.15) is 0 Å². The standard InChI is InChI=1S/C20H30O10/c1-4-5-6-7-8-9-10-18(25)30-20(29-15(3)22)13-26-16(23)11-12-17(24)28-19(20)27-14(2)21/h19H,4-13H2,1-3H3. The van der Waals surface area contributed by atoms with Gasteiger partial charge in [-0.1, -0.05) is 39.0 Å². The molecule has 0 aromatic rings. The van der Waals surface area contributed by atoms with Crippen LogP contribution in [0.4, 0.5) is 0 Å². The van der Waals surface area contributed by atoms with Gasteiger partial charge < -0.3 is 23.7 Å². The third-order valence-electron chi connectivity index (χ3n) is 4.18. The first kappa shape index (κ1) is 25.4. The minimum Gasteiger partial charge on any atom is -0.457 e. The summed E-state index contributed by atoms with van der Waals surface area (Å²) in [6.07, 6.45) is 2.97. The molecule has 1 aliphatic heterocycles. The first-order valence-corrected chi connectivity index (χ1v) is 10.1. The van der Waals surface area contributed by atoms with Crippen LogP contribution in [0.15, 0.2) is 0 Å². The van der Waals surface area contributed by atoms with Gasteiger partial charge in [0, 0.05) is 20.3 Å². The van der Waals surface area contributed by atoms with Crippen molar-refractivity contribution in [3.63, 3.8) is 0 Å². The van der Waals surface area contributed by atoms with Crippen molar-refractivity contribution in [3.05, 3.63) is 0 Å². The normalized spacial score (nSPS) is 21.9. The van der Waals surface area contributed by atoms with E-state index in [-0.39, 0.29) is 19.3 Å². The molecule has 0 saturated carbocycles. The average Bonchev–Trinajstić information content (AvgIpc) is 2.69. The number of esters is 5. The molecule has 30 heavy (non-hydrogen) atoms. The Morgan fingerprint density at radius 3 is 2.20 bits per heavy atom. The fourth-order valence-corrected chi connectivity index (χ4v) is 2.77.